The molecule has 0 bridgehead atoms. The third-order valence-electron chi connectivity index (χ3n) is 1.85. The molecule has 5 heteroatoms. The average Bonchev–Trinajstić information content (AvgIpc) is 2.29. The number of ether oxygens (including phenoxy) is 1. The molecule has 0 unspecified atom stereocenters. The van der Waals surface area contributed by atoms with E-state index in [-0.39, 0.29) is 0 Å². The summed E-state index contributed by atoms with van der Waals surface area (Å²) in [7, 11) is 0. The zero-order chi connectivity index (χ0) is 11.4. The van der Waals surface area contributed by atoms with Crippen molar-refractivity contribution >= 4 is 17.6 Å². The molecule has 82 valence electrons. The third kappa shape index (κ3) is 2.64. The molecular formula is C11H11N3OS. The summed E-state index contributed by atoms with van der Waals surface area (Å²) in [6, 6.07) is 11.0. The number of hydrogen-bond donors (Lipinski definition) is 1. The van der Waals surface area contributed by atoms with Crippen LogP contribution in [-0.2, 0) is 0 Å². The first-order valence-corrected chi connectivity index (χ1v) is 5.92. The minimum absolute atomic E-state index is 0.408. The molecule has 0 amide bonds. The highest BCUT2D eigenvalue weighted by atomic mass is 32.2. The predicted molar refractivity (Wildman–Crippen MR) is 64.7 cm³/mol. The van der Waals surface area contributed by atoms with Gasteiger partial charge in [-0.05, 0) is 18.4 Å². The zero-order valence-corrected chi connectivity index (χ0v) is 9.57. The van der Waals surface area contributed by atoms with E-state index in [4.69, 9.17) is 10.5 Å². The SMILES string of the molecule is CSc1nc(N)cc(Oc2ccccc2)n1. The molecule has 0 radical (unpaired) electrons. The summed E-state index contributed by atoms with van der Waals surface area (Å²) in [5.41, 5.74) is 5.64. The summed E-state index contributed by atoms with van der Waals surface area (Å²) in [6.07, 6.45) is 1.89. The largest absolute Gasteiger partial charge is 0.439 e. The average molecular weight is 233 g/mol. The van der Waals surface area contributed by atoms with Gasteiger partial charge in [0.15, 0.2) is 5.16 Å². The number of aromatic nitrogens is 2. The Balaban J connectivity index is 2.24. The Morgan fingerprint density at radius 2 is 1.94 bits per heavy atom. The number of para-hydroxylation sites is 1. The standard InChI is InChI=1S/C11H11N3OS/c1-16-11-13-9(12)7-10(14-11)15-8-5-3-2-4-6-8/h2-7H,1H3,(H2,12,13,14). The Bertz CT molecular complexity index is 476. The fourth-order valence-electron chi connectivity index (χ4n) is 1.17. The lowest BCUT2D eigenvalue weighted by Crippen LogP contribution is -1.97. The van der Waals surface area contributed by atoms with Crippen LogP contribution in [0.25, 0.3) is 0 Å². The van der Waals surface area contributed by atoms with Crippen molar-refractivity contribution in [3.63, 3.8) is 0 Å². The van der Waals surface area contributed by atoms with Crippen LogP contribution in [0.5, 0.6) is 11.6 Å². The van der Waals surface area contributed by atoms with Crippen molar-refractivity contribution in [1.82, 2.24) is 9.97 Å². The second kappa shape index (κ2) is 4.85. The van der Waals surface area contributed by atoms with Crippen LogP contribution in [0.15, 0.2) is 41.6 Å². The molecule has 0 aliphatic heterocycles. The van der Waals surface area contributed by atoms with Gasteiger partial charge >= 0.3 is 0 Å². The van der Waals surface area contributed by atoms with Crippen LogP contribution < -0.4 is 10.5 Å². The summed E-state index contributed by atoms with van der Waals surface area (Å²) in [5.74, 6) is 1.60. The number of nitrogen functional groups attached to an aromatic ring is 1. The first-order chi connectivity index (χ1) is 7.78. The van der Waals surface area contributed by atoms with Crippen LogP contribution in [0.1, 0.15) is 0 Å². The van der Waals surface area contributed by atoms with Crippen molar-refractivity contribution in [3.8, 4) is 11.6 Å². The van der Waals surface area contributed by atoms with Gasteiger partial charge in [-0.15, -0.1) is 0 Å². The molecule has 4 nitrogen and oxygen atoms in total. The molecule has 0 saturated carbocycles. The highest BCUT2D eigenvalue weighted by Gasteiger charge is 2.03. The lowest BCUT2D eigenvalue weighted by Gasteiger charge is -2.05. The molecule has 0 aliphatic rings. The van der Waals surface area contributed by atoms with Crippen molar-refractivity contribution in [2.24, 2.45) is 0 Å². The van der Waals surface area contributed by atoms with Gasteiger partial charge in [0.05, 0.1) is 0 Å². The molecule has 2 N–H and O–H groups in total. The Morgan fingerprint density at radius 3 is 2.62 bits per heavy atom. The molecule has 0 aliphatic carbocycles. The number of rotatable bonds is 3. The monoisotopic (exact) mass is 233 g/mol. The van der Waals surface area contributed by atoms with Crippen LogP contribution in [0.2, 0.25) is 0 Å². The van der Waals surface area contributed by atoms with E-state index < -0.39 is 0 Å². The predicted octanol–water partition coefficient (Wildman–Crippen LogP) is 2.57. The second-order valence-corrected chi connectivity index (χ2v) is 3.81. The number of thioether (sulfide) groups is 1. The topological polar surface area (TPSA) is 61.0 Å². The van der Waals surface area contributed by atoms with Crippen molar-refractivity contribution in [1.29, 1.82) is 0 Å². The van der Waals surface area contributed by atoms with E-state index >= 15 is 0 Å². The Morgan fingerprint density at radius 1 is 1.19 bits per heavy atom. The maximum absolute atomic E-state index is 5.64. The quantitative estimate of drug-likeness (QED) is 0.652. The highest BCUT2D eigenvalue weighted by molar-refractivity contribution is 7.98. The molecule has 1 aromatic carbocycles. The number of anilines is 1. The van der Waals surface area contributed by atoms with Gasteiger partial charge in [0.2, 0.25) is 5.88 Å². The molecule has 0 atom stereocenters. The van der Waals surface area contributed by atoms with Gasteiger partial charge in [-0.2, -0.15) is 4.98 Å². The molecule has 0 spiro atoms. The Hall–Kier alpha value is -1.75. The summed E-state index contributed by atoms with van der Waals surface area (Å²) < 4.78 is 5.56. The van der Waals surface area contributed by atoms with Crippen LogP contribution in [0, 0.1) is 0 Å². The van der Waals surface area contributed by atoms with Gasteiger partial charge < -0.3 is 10.5 Å². The minimum Gasteiger partial charge on any atom is -0.439 e. The van der Waals surface area contributed by atoms with Crippen LogP contribution in [0.4, 0.5) is 5.82 Å². The lowest BCUT2D eigenvalue weighted by atomic mass is 10.3. The molecular weight excluding hydrogens is 222 g/mol. The Kier molecular flexibility index (Phi) is 3.26. The van der Waals surface area contributed by atoms with Crippen LogP contribution >= 0.6 is 11.8 Å². The van der Waals surface area contributed by atoms with Gasteiger partial charge in [0.25, 0.3) is 0 Å². The highest BCUT2D eigenvalue weighted by Crippen LogP contribution is 2.22. The van der Waals surface area contributed by atoms with Gasteiger partial charge in [0, 0.05) is 6.07 Å². The van der Waals surface area contributed by atoms with Crippen molar-refractivity contribution in [3.05, 3.63) is 36.4 Å². The van der Waals surface area contributed by atoms with E-state index in [0.717, 1.165) is 5.75 Å². The van der Waals surface area contributed by atoms with Gasteiger partial charge in [-0.25, -0.2) is 4.98 Å². The molecule has 0 saturated heterocycles. The number of nitrogens with zero attached hydrogens (tertiary/aromatic N) is 2. The van der Waals surface area contributed by atoms with Crippen LogP contribution in [-0.4, -0.2) is 16.2 Å². The first kappa shape index (κ1) is 10.8. The maximum Gasteiger partial charge on any atom is 0.225 e. The van der Waals surface area contributed by atoms with Gasteiger partial charge in [-0.1, -0.05) is 30.0 Å². The Labute approximate surface area is 97.9 Å². The third-order valence-corrected chi connectivity index (χ3v) is 2.40. The fraction of sp³-hybridized carbons (Fsp3) is 0.0909. The zero-order valence-electron chi connectivity index (χ0n) is 8.75. The van der Waals surface area contributed by atoms with Gasteiger partial charge in [0.1, 0.15) is 11.6 Å². The molecule has 16 heavy (non-hydrogen) atoms. The number of benzene rings is 1. The van der Waals surface area contributed by atoms with Crippen molar-refractivity contribution < 1.29 is 4.74 Å². The number of hydrogen-bond acceptors (Lipinski definition) is 5. The van der Waals surface area contributed by atoms with E-state index in [9.17, 15) is 0 Å². The summed E-state index contributed by atoms with van der Waals surface area (Å²) in [5, 5.41) is 0.603. The summed E-state index contributed by atoms with van der Waals surface area (Å²) in [4.78, 5) is 8.24. The molecule has 1 aromatic heterocycles. The number of nitrogens with two attached hydrogens (primary N) is 1. The fourth-order valence-corrected chi connectivity index (χ4v) is 1.55. The van der Waals surface area contributed by atoms with Crippen LogP contribution in [0.3, 0.4) is 0 Å². The second-order valence-electron chi connectivity index (χ2n) is 3.03. The lowest BCUT2D eigenvalue weighted by molar-refractivity contribution is 0.456. The summed E-state index contributed by atoms with van der Waals surface area (Å²) >= 11 is 1.43. The van der Waals surface area contributed by atoms with E-state index in [1.54, 1.807) is 6.07 Å². The molecule has 2 aromatic rings. The van der Waals surface area contributed by atoms with Crippen molar-refractivity contribution in [2.75, 3.05) is 12.0 Å². The smallest absolute Gasteiger partial charge is 0.225 e. The normalized spacial score (nSPS) is 10.1. The van der Waals surface area contributed by atoms with Crippen molar-refractivity contribution in [2.45, 2.75) is 5.16 Å². The van der Waals surface area contributed by atoms with E-state index in [1.807, 2.05) is 36.6 Å². The molecule has 0 fully saturated rings. The molecule has 1 heterocycles. The maximum atomic E-state index is 5.64. The first-order valence-electron chi connectivity index (χ1n) is 4.69. The van der Waals surface area contributed by atoms with E-state index in [2.05, 4.69) is 9.97 Å². The van der Waals surface area contributed by atoms with Gasteiger partial charge in [-0.3, -0.25) is 0 Å². The molecule has 2 rings (SSSR count). The summed E-state index contributed by atoms with van der Waals surface area (Å²) in [6.45, 7) is 0. The van der Waals surface area contributed by atoms with E-state index in [0.29, 0.717) is 16.9 Å². The van der Waals surface area contributed by atoms with E-state index in [1.165, 1.54) is 11.8 Å². The minimum atomic E-state index is 0.408.